The molecule has 1 aliphatic rings. The van der Waals surface area contributed by atoms with E-state index in [0.717, 1.165) is 0 Å². The standard InChI is InChI=1S/C12H18O3/c1-11(2,3)15-10(14)12(4)7-5-9(13)6-8-12/h5,7H,6,8H2,1-4H3. The first-order valence-electron chi connectivity index (χ1n) is 5.18. The Morgan fingerprint density at radius 1 is 1.47 bits per heavy atom. The van der Waals surface area contributed by atoms with Crippen molar-refractivity contribution in [2.24, 2.45) is 5.41 Å². The summed E-state index contributed by atoms with van der Waals surface area (Å²) >= 11 is 0. The van der Waals surface area contributed by atoms with Crippen LogP contribution in [0.15, 0.2) is 12.2 Å². The van der Waals surface area contributed by atoms with E-state index in [0.29, 0.717) is 12.8 Å². The predicted octanol–water partition coefficient (Wildman–Crippen LogP) is 2.25. The molecule has 1 rings (SSSR count). The van der Waals surface area contributed by atoms with Gasteiger partial charge in [0.05, 0.1) is 5.41 Å². The van der Waals surface area contributed by atoms with E-state index in [1.807, 2.05) is 27.7 Å². The van der Waals surface area contributed by atoms with Gasteiger partial charge < -0.3 is 4.74 Å². The second-order valence-electron chi connectivity index (χ2n) is 5.22. The fraction of sp³-hybridized carbons (Fsp3) is 0.667. The molecule has 0 N–H and O–H groups in total. The summed E-state index contributed by atoms with van der Waals surface area (Å²) in [5, 5.41) is 0. The van der Waals surface area contributed by atoms with Crippen LogP contribution in [0.5, 0.6) is 0 Å². The fourth-order valence-corrected chi connectivity index (χ4v) is 1.39. The third-order valence-corrected chi connectivity index (χ3v) is 2.39. The average Bonchev–Trinajstić information content (AvgIpc) is 2.07. The van der Waals surface area contributed by atoms with Gasteiger partial charge in [0.1, 0.15) is 5.60 Å². The minimum atomic E-state index is -0.638. The summed E-state index contributed by atoms with van der Waals surface area (Å²) in [6.07, 6.45) is 4.10. The molecule has 0 saturated carbocycles. The Hall–Kier alpha value is -1.12. The van der Waals surface area contributed by atoms with Gasteiger partial charge in [0, 0.05) is 6.42 Å². The molecule has 0 heterocycles. The number of ether oxygens (including phenoxy) is 1. The maximum Gasteiger partial charge on any atom is 0.316 e. The second kappa shape index (κ2) is 3.80. The number of esters is 1. The van der Waals surface area contributed by atoms with Crippen LogP contribution < -0.4 is 0 Å². The van der Waals surface area contributed by atoms with E-state index in [4.69, 9.17) is 4.74 Å². The highest BCUT2D eigenvalue weighted by Crippen LogP contribution is 2.32. The number of hydrogen-bond acceptors (Lipinski definition) is 3. The summed E-state index contributed by atoms with van der Waals surface area (Å²) in [4.78, 5) is 22.9. The number of rotatable bonds is 1. The van der Waals surface area contributed by atoms with Crippen molar-refractivity contribution in [3.8, 4) is 0 Å². The molecule has 0 spiro atoms. The van der Waals surface area contributed by atoms with Crippen molar-refractivity contribution in [3.63, 3.8) is 0 Å². The van der Waals surface area contributed by atoms with Gasteiger partial charge in [-0.3, -0.25) is 9.59 Å². The number of hydrogen-bond donors (Lipinski definition) is 0. The molecule has 1 unspecified atom stereocenters. The topological polar surface area (TPSA) is 43.4 Å². The Kier molecular flexibility index (Phi) is 3.03. The average molecular weight is 210 g/mol. The van der Waals surface area contributed by atoms with Gasteiger partial charge in [-0.25, -0.2) is 0 Å². The second-order valence-corrected chi connectivity index (χ2v) is 5.22. The van der Waals surface area contributed by atoms with Crippen LogP contribution in [-0.2, 0) is 14.3 Å². The van der Waals surface area contributed by atoms with Crippen LogP contribution in [0.2, 0.25) is 0 Å². The zero-order chi connectivity index (χ0) is 11.7. The fourth-order valence-electron chi connectivity index (χ4n) is 1.39. The van der Waals surface area contributed by atoms with E-state index in [1.54, 1.807) is 6.08 Å². The van der Waals surface area contributed by atoms with E-state index < -0.39 is 11.0 Å². The van der Waals surface area contributed by atoms with E-state index in [2.05, 4.69) is 0 Å². The van der Waals surface area contributed by atoms with Gasteiger partial charge >= 0.3 is 5.97 Å². The molecule has 3 heteroatoms. The summed E-state index contributed by atoms with van der Waals surface area (Å²) in [7, 11) is 0. The van der Waals surface area contributed by atoms with E-state index in [9.17, 15) is 9.59 Å². The van der Waals surface area contributed by atoms with Crippen molar-refractivity contribution in [2.45, 2.75) is 46.1 Å². The molecule has 0 aromatic carbocycles. The first-order chi connectivity index (χ1) is 6.73. The maximum absolute atomic E-state index is 11.9. The monoisotopic (exact) mass is 210 g/mol. The quantitative estimate of drug-likeness (QED) is 0.623. The molecule has 0 aliphatic heterocycles. The van der Waals surface area contributed by atoms with Gasteiger partial charge in [-0.1, -0.05) is 6.08 Å². The molecule has 0 fully saturated rings. The molecule has 0 saturated heterocycles. The van der Waals surface area contributed by atoms with Gasteiger partial charge in [0.2, 0.25) is 0 Å². The Labute approximate surface area is 90.5 Å². The van der Waals surface area contributed by atoms with Crippen LogP contribution >= 0.6 is 0 Å². The highest BCUT2D eigenvalue weighted by Gasteiger charge is 2.36. The van der Waals surface area contributed by atoms with Crippen LogP contribution in [0.3, 0.4) is 0 Å². The van der Waals surface area contributed by atoms with Gasteiger partial charge in [0.15, 0.2) is 5.78 Å². The first kappa shape index (κ1) is 12.0. The van der Waals surface area contributed by atoms with Crippen molar-refractivity contribution in [2.75, 3.05) is 0 Å². The number of carbonyl (C=O) groups excluding carboxylic acids is 2. The lowest BCUT2D eigenvalue weighted by Gasteiger charge is -2.30. The van der Waals surface area contributed by atoms with E-state index >= 15 is 0 Å². The molecule has 0 aromatic heterocycles. The van der Waals surface area contributed by atoms with Crippen molar-refractivity contribution >= 4 is 11.8 Å². The number of allylic oxidation sites excluding steroid dienone is 1. The summed E-state index contributed by atoms with van der Waals surface area (Å²) in [5.41, 5.74) is -1.11. The van der Waals surface area contributed by atoms with E-state index in [1.165, 1.54) is 6.08 Å². The Morgan fingerprint density at radius 3 is 2.47 bits per heavy atom. The molecule has 15 heavy (non-hydrogen) atoms. The largest absolute Gasteiger partial charge is 0.459 e. The summed E-state index contributed by atoms with van der Waals surface area (Å²) < 4.78 is 5.31. The molecule has 1 atom stereocenters. The van der Waals surface area contributed by atoms with Crippen LogP contribution in [0.4, 0.5) is 0 Å². The molecular formula is C12H18O3. The number of ketones is 1. The van der Waals surface area contributed by atoms with Crippen molar-refractivity contribution in [1.82, 2.24) is 0 Å². The minimum Gasteiger partial charge on any atom is -0.459 e. The Bertz CT molecular complexity index is 309. The van der Waals surface area contributed by atoms with Crippen LogP contribution in [-0.4, -0.2) is 17.4 Å². The summed E-state index contributed by atoms with van der Waals surface area (Å²) in [6, 6.07) is 0. The van der Waals surface area contributed by atoms with E-state index in [-0.39, 0.29) is 11.8 Å². The number of carbonyl (C=O) groups is 2. The third kappa shape index (κ3) is 3.18. The summed E-state index contributed by atoms with van der Waals surface area (Å²) in [6.45, 7) is 7.33. The van der Waals surface area contributed by atoms with Crippen molar-refractivity contribution in [1.29, 1.82) is 0 Å². The smallest absolute Gasteiger partial charge is 0.316 e. The zero-order valence-electron chi connectivity index (χ0n) is 9.79. The SMILES string of the molecule is CC(C)(C)OC(=O)C1(C)C=CC(=O)CC1. The highest BCUT2D eigenvalue weighted by atomic mass is 16.6. The summed E-state index contributed by atoms with van der Waals surface area (Å²) in [5.74, 6) is -0.171. The lowest BCUT2D eigenvalue weighted by atomic mass is 9.80. The first-order valence-corrected chi connectivity index (χ1v) is 5.18. The molecule has 0 bridgehead atoms. The van der Waals surface area contributed by atoms with Gasteiger partial charge in [-0.15, -0.1) is 0 Å². The van der Waals surface area contributed by atoms with Gasteiger partial charge in [0.25, 0.3) is 0 Å². The van der Waals surface area contributed by atoms with Gasteiger partial charge in [-0.2, -0.15) is 0 Å². The normalized spacial score (nSPS) is 26.5. The highest BCUT2D eigenvalue weighted by molar-refractivity contribution is 5.93. The lowest BCUT2D eigenvalue weighted by molar-refractivity contribution is -0.164. The zero-order valence-corrected chi connectivity index (χ0v) is 9.79. The Morgan fingerprint density at radius 2 is 2.07 bits per heavy atom. The molecule has 3 nitrogen and oxygen atoms in total. The Balaban J connectivity index is 2.75. The molecule has 1 aliphatic carbocycles. The predicted molar refractivity (Wildman–Crippen MR) is 57.3 cm³/mol. The molecule has 84 valence electrons. The maximum atomic E-state index is 11.9. The molecule has 0 amide bonds. The van der Waals surface area contributed by atoms with Crippen LogP contribution in [0.25, 0.3) is 0 Å². The molecule has 0 aromatic rings. The third-order valence-electron chi connectivity index (χ3n) is 2.39. The van der Waals surface area contributed by atoms with Crippen molar-refractivity contribution in [3.05, 3.63) is 12.2 Å². The lowest BCUT2D eigenvalue weighted by Crippen LogP contribution is -2.36. The minimum absolute atomic E-state index is 0.0797. The van der Waals surface area contributed by atoms with Crippen LogP contribution in [0.1, 0.15) is 40.5 Å². The van der Waals surface area contributed by atoms with Gasteiger partial charge in [-0.05, 0) is 40.2 Å². The van der Waals surface area contributed by atoms with Crippen molar-refractivity contribution < 1.29 is 14.3 Å². The van der Waals surface area contributed by atoms with Crippen LogP contribution in [0, 0.1) is 5.41 Å². The molecular weight excluding hydrogens is 192 g/mol. The molecule has 0 radical (unpaired) electrons.